The van der Waals surface area contributed by atoms with Gasteiger partial charge in [-0.25, -0.2) is 0 Å². The predicted octanol–water partition coefficient (Wildman–Crippen LogP) is 0.300. The van der Waals surface area contributed by atoms with Gasteiger partial charge in [-0.15, -0.1) is 0 Å². The maximum absolute atomic E-state index is 9.58. The number of rotatable bonds is 1. The molecule has 0 aromatic heterocycles. The number of carbonyl (C=O) groups excluding carboxylic acids is 1. The highest BCUT2D eigenvalue weighted by molar-refractivity contribution is 6.63. The average molecular weight is 293 g/mol. The zero-order valence-electron chi connectivity index (χ0n) is 12.1. The van der Waals surface area contributed by atoms with Crippen LogP contribution >= 0.6 is 11.6 Å². The van der Waals surface area contributed by atoms with Crippen LogP contribution in [0, 0.1) is 0 Å². The van der Waals surface area contributed by atoms with E-state index in [2.05, 4.69) is 21.3 Å². The van der Waals surface area contributed by atoms with E-state index in [0.29, 0.717) is 6.42 Å². The standard InChI is InChI=1S/C10H24N4.C3H5ClO/c1-3-11-7-9-13-5-2-6-14-10-8-12-4-1;1-2-3(4)5/h11-14H,1-10H2;2H2,1H3. The van der Waals surface area contributed by atoms with Gasteiger partial charge in [-0.3, -0.25) is 4.79 Å². The molecule has 19 heavy (non-hydrogen) atoms. The topological polar surface area (TPSA) is 65.2 Å². The number of carbonyl (C=O) groups is 1. The predicted molar refractivity (Wildman–Crippen MR) is 81.9 cm³/mol. The monoisotopic (exact) mass is 292 g/mol. The lowest BCUT2D eigenvalue weighted by Gasteiger charge is -2.10. The zero-order valence-corrected chi connectivity index (χ0v) is 12.8. The number of hydrogen-bond donors (Lipinski definition) is 4. The molecule has 0 saturated carbocycles. The van der Waals surface area contributed by atoms with Crippen LogP contribution in [0.1, 0.15) is 26.2 Å². The summed E-state index contributed by atoms with van der Waals surface area (Å²) in [6.45, 7) is 10.6. The van der Waals surface area contributed by atoms with Crippen molar-refractivity contribution >= 4 is 16.8 Å². The molecule has 0 atom stereocenters. The molecule has 1 aliphatic heterocycles. The van der Waals surface area contributed by atoms with Crippen molar-refractivity contribution in [1.82, 2.24) is 21.3 Å². The Morgan fingerprint density at radius 3 is 1.26 bits per heavy atom. The Bertz CT molecular complexity index is 152. The first-order valence-electron chi connectivity index (χ1n) is 7.28. The maximum Gasteiger partial charge on any atom is 0.221 e. The highest BCUT2D eigenvalue weighted by atomic mass is 35.5. The molecule has 5 nitrogen and oxygen atoms in total. The largest absolute Gasteiger partial charge is 0.315 e. The third-order valence-electron chi connectivity index (χ3n) is 2.65. The molecule has 0 aromatic carbocycles. The van der Waals surface area contributed by atoms with Gasteiger partial charge >= 0.3 is 0 Å². The van der Waals surface area contributed by atoms with E-state index in [9.17, 15) is 4.79 Å². The molecule has 1 saturated heterocycles. The van der Waals surface area contributed by atoms with Gasteiger partial charge in [0.25, 0.3) is 0 Å². The van der Waals surface area contributed by atoms with E-state index >= 15 is 0 Å². The minimum Gasteiger partial charge on any atom is -0.315 e. The molecule has 1 aliphatic rings. The summed E-state index contributed by atoms with van der Waals surface area (Å²) in [7, 11) is 0. The molecule has 6 heteroatoms. The molecule has 4 N–H and O–H groups in total. The van der Waals surface area contributed by atoms with E-state index in [0.717, 1.165) is 52.4 Å². The lowest BCUT2D eigenvalue weighted by atomic mass is 10.3. The Labute approximate surface area is 122 Å². The molecule has 0 unspecified atom stereocenters. The first-order valence-corrected chi connectivity index (χ1v) is 7.66. The lowest BCUT2D eigenvalue weighted by Crippen LogP contribution is -2.34. The van der Waals surface area contributed by atoms with E-state index in [1.165, 1.54) is 12.8 Å². The molecule has 0 amide bonds. The number of nitrogens with one attached hydrogen (secondary N) is 4. The molecule has 0 aliphatic carbocycles. The summed E-state index contributed by atoms with van der Waals surface area (Å²) in [6, 6.07) is 0. The lowest BCUT2D eigenvalue weighted by molar-refractivity contribution is -0.111. The van der Waals surface area contributed by atoms with Crippen LogP contribution in [-0.2, 0) is 4.79 Å². The molecule has 114 valence electrons. The van der Waals surface area contributed by atoms with E-state index in [4.69, 9.17) is 11.6 Å². The van der Waals surface area contributed by atoms with Crippen molar-refractivity contribution < 1.29 is 4.79 Å². The Morgan fingerprint density at radius 1 is 0.789 bits per heavy atom. The third kappa shape index (κ3) is 17.8. The SMILES string of the molecule is C1CNCCNCCCNCCNC1.CCC(=O)Cl. The van der Waals surface area contributed by atoms with Crippen LogP contribution in [0.4, 0.5) is 0 Å². The van der Waals surface area contributed by atoms with Crippen LogP contribution in [0.15, 0.2) is 0 Å². The molecular formula is C13H29ClN4O. The van der Waals surface area contributed by atoms with E-state index < -0.39 is 0 Å². The number of halogens is 1. The number of hydrogen-bond acceptors (Lipinski definition) is 5. The quantitative estimate of drug-likeness (QED) is 0.524. The van der Waals surface area contributed by atoms with Crippen molar-refractivity contribution in [2.45, 2.75) is 26.2 Å². The first-order chi connectivity index (χ1) is 9.27. The summed E-state index contributed by atoms with van der Waals surface area (Å²) in [5.74, 6) is 0. The van der Waals surface area contributed by atoms with Crippen LogP contribution < -0.4 is 21.3 Å². The maximum atomic E-state index is 9.58. The van der Waals surface area contributed by atoms with Crippen molar-refractivity contribution in [3.63, 3.8) is 0 Å². The summed E-state index contributed by atoms with van der Waals surface area (Å²) < 4.78 is 0. The Hall–Kier alpha value is -0.200. The summed E-state index contributed by atoms with van der Waals surface area (Å²) in [6.07, 6.45) is 2.88. The second kappa shape index (κ2) is 15.9. The van der Waals surface area contributed by atoms with Gasteiger partial charge in [0, 0.05) is 32.6 Å². The fourth-order valence-electron chi connectivity index (χ4n) is 1.53. The Balaban J connectivity index is 0.000000555. The van der Waals surface area contributed by atoms with Crippen LogP contribution in [-0.4, -0.2) is 57.6 Å². The van der Waals surface area contributed by atoms with E-state index in [1.54, 1.807) is 6.92 Å². The summed E-state index contributed by atoms with van der Waals surface area (Å²) in [4.78, 5) is 9.58. The van der Waals surface area contributed by atoms with Crippen molar-refractivity contribution in [1.29, 1.82) is 0 Å². The summed E-state index contributed by atoms with van der Waals surface area (Å²) in [5.41, 5.74) is 0. The first kappa shape index (κ1) is 18.8. The van der Waals surface area contributed by atoms with Gasteiger partial charge in [0.2, 0.25) is 5.24 Å². The normalized spacial score (nSPS) is 19.7. The molecule has 0 spiro atoms. The van der Waals surface area contributed by atoms with Crippen LogP contribution in [0.2, 0.25) is 0 Å². The van der Waals surface area contributed by atoms with Crippen molar-refractivity contribution in [3.05, 3.63) is 0 Å². The highest BCUT2D eigenvalue weighted by Crippen LogP contribution is 1.81. The molecule has 1 rings (SSSR count). The smallest absolute Gasteiger partial charge is 0.221 e. The van der Waals surface area contributed by atoms with Gasteiger partial charge in [0.1, 0.15) is 0 Å². The van der Waals surface area contributed by atoms with E-state index in [1.807, 2.05) is 0 Å². The zero-order chi connectivity index (χ0) is 14.2. The van der Waals surface area contributed by atoms with E-state index in [-0.39, 0.29) is 5.24 Å². The Morgan fingerprint density at radius 2 is 1.05 bits per heavy atom. The second-order valence-electron chi connectivity index (χ2n) is 4.42. The minimum atomic E-state index is -0.273. The Kier molecular flexibility index (Phi) is 15.7. The molecule has 0 bridgehead atoms. The van der Waals surface area contributed by atoms with Gasteiger partial charge < -0.3 is 21.3 Å². The average Bonchev–Trinajstić information content (AvgIpc) is 2.42. The summed E-state index contributed by atoms with van der Waals surface area (Å²) in [5, 5.41) is 13.4. The molecular weight excluding hydrogens is 264 g/mol. The van der Waals surface area contributed by atoms with Gasteiger partial charge in [0.15, 0.2) is 0 Å². The van der Waals surface area contributed by atoms with Crippen molar-refractivity contribution in [2.24, 2.45) is 0 Å². The highest BCUT2D eigenvalue weighted by Gasteiger charge is 1.93. The fourth-order valence-corrected chi connectivity index (χ4v) is 1.53. The van der Waals surface area contributed by atoms with Crippen LogP contribution in [0.25, 0.3) is 0 Å². The van der Waals surface area contributed by atoms with Crippen LogP contribution in [0.5, 0.6) is 0 Å². The fraction of sp³-hybridized carbons (Fsp3) is 0.923. The minimum absolute atomic E-state index is 0.273. The van der Waals surface area contributed by atoms with Gasteiger partial charge in [-0.05, 0) is 50.6 Å². The second-order valence-corrected chi connectivity index (χ2v) is 4.84. The molecule has 1 fully saturated rings. The van der Waals surface area contributed by atoms with Crippen molar-refractivity contribution in [3.8, 4) is 0 Å². The molecule has 0 aromatic rings. The van der Waals surface area contributed by atoms with Crippen molar-refractivity contribution in [2.75, 3.05) is 52.4 Å². The molecule has 1 heterocycles. The van der Waals surface area contributed by atoms with Crippen LogP contribution in [0.3, 0.4) is 0 Å². The molecule has 0 radical (unpaired) electrons. The van der Waals surface area contributed by atoms with Gasteiger partial charge in [0.05, 0.1) is 0 Å². The van der Waals surface area contributed by atoms with Gasteiger partial charge in [-0.2, -0.15) is 0 Å². The summed E-state index contributed by atoms with van der Waals surface area (Å²) >= 11 is 4.82. The third-order valence-corrected chi connectivity index (χ3v) is 2.92. The van der Waals surface area contributed by atoms with Gasteiger partial charge in [-0.1, -0.05) is 6.92 Å².